The molecule has 0 saturated carbocycles. The summed E-state index contributed by atoms with van der Waals surface area (Å²) in [6.07, 6.45) is 2.33. The molecule has 0 aliphatic heterocycles. The standard InChI is InChI=1S/C52H56N2/c1-47(2,3)27-15-17-37-29(19-27)41-43-31-21-33-36(52(13,14)25-49(33,7)8)24-40(31)54-38-18-16-28(48(4,5)6)20-30(38)42(46(43)54)44-32-22-34-35(23-39(32)53(37)45(41)44)51(11,12)26-50(34,9)10/h15-24H,25-26H2,1-14H3. The Kier molecular flexibility index (Phi) is 5.64. The van der Waals surface area contributed by atoms with Gasteiger partial charge >= 0.3 is 0 Å². The third kappa shape index (κ3) is 3.79. The summed E-state index contributed by atoms with van der Waals surface area (Å²) in [5, 5.41) is 11.3. The van der Waals surface area contributed by atoms with Crippen molar-refractivity contribution in [2.75, 3.05) is 0 Å². The van der Waals surface area contributed by atoms with Gasteiger partial charge < -0.3 is 8.80 Å². The van der Waals surface area contributed by atoms with Crippen molar-refractivity contribution in [3.8, 4) is 0 Å². The van der Waals surface area contributed by atoms with Crippen molar-refractivity contribution in [1.82, 2.24) is 8.80 Å². The van der Waals surface area contributed by atoms with Gasteiger partial charge in [-0.05, 0) is 127 Å². The van der Waals surface area contributed by atoms with E-state index in [-0.39, 0.29) is 32.5 Å². The van der Waals surface area contributed by atoms with Crippen LogP contribution in [0.1, 0.15) is 143 Å². The second kappa shape index (κ2) is 9.21. The summed E-state index contributed by atoms with van der Waals surface area (Å²) in [5.74, 6) is 0. The Morgan fingerprint density at radius 1 is 0.389 bits per heavy atom. The molecule has 0 fully saturated rings. The van der Waals surface area contributed by atoms with Gasteiger partial charge in [0.1, 0.15) is 0 Å². The van der Waals surface area contributed by atoms with E-state index in [0.29, 0.717) is 0 Å². The van der Waals surface area contributed by atoms with Crippen LogP contribution in [0.5, 0.6) is 0 Å². The Morgan fingerprint density at radius 2 is 0.685 bits per heavy atom. The molecule has 2 aliphatic carbocycles. The van der Waals surface area contributed by atoms with E-state index in [4.69, 9.17) is 0 Å². The molecule has 5 aromatic carbocycles. The molecule has 0 radical (unpaired) electrons. The lowest BCUT2D eigenvalue weighted by Crippen LogP contribution is -2.18. The first-order valence-electron chi connectivity index (χ1n) is 20.5. The molecular formula is C52H56N2. The summed E-state index contributed by atoms with van der Waals surface area (Å²) in [6, 6.07) is 25.3. The van der Waals surface area contributed by atoms with E-state index in [2.05, 4.69) is 166 Å². The van der Waals surface area contributed by atoms with Crippen LogP contribution in [0, 0.1) is 0 Å². The third-order valence-electron chi connectivity index (χ3n) is 14.6. The molecule has 2 heteroatoms. The van der Waals surface area contributed by atoms with E-state index in [0.717, 1.165) is 12.8 Å². The summed E-state index contributed by atoms with van der Waals surface area (Å²) in [5.41, 5.74) is 17.6. The zero-order chi connectivity index (χ0) is 38.2. The lowest BCUT2D eigenvalue weighted by atomic mass is 9.82. The van der Waals surface area contributed by atoms with E-state index < -0.39 is 0 Å². The molecule has 0 spiro atoms. The minimum absolute atomic E-state index is 0.0426. The predicted octanol–water partition coefficient (Wildman–Crippen LogP) is 14.5. The molecule has 0 saturated heterocycles. The first-order chi connectivity index (χ1) is 25.0. The largest absolute Gasteiger partial charge is 0.308 e. The molecule has 0 N–H and O–H groups in total. The van der Waals surface area contributed by atoms with Crippen LogP contribution in [0.25, 0.3) is 76.2 Å². The van der Waals surface area contributed by atoms with E-state index in [1.807, 2.05) is 0 Å². The average Bonchev–Trinajstić information content (AvgIpc) is 3.82. The Morgan fingerprint density at radius 3 is 1.00 bits per heavy atom. The van der Waals surface area contributed by atoms with Crippen molar-refractivity contribution in [3.63, 3.8) is 0 Å². The summed E-state index contributed by atoms with van der Waals surface area (Å²) in [4.78, 5) is 0. The molecule has 2 aliphatic rings. The van der Waals surface area contributed by atoms with Crippen LogP contribution in [-0.4, -0.2) is 8.80 Å². The second-order valence-electron chi connectivity index (χ2n) is 22.6. The maximum absolute atomic E-state index is 2.69. The smallest absolute Gasteiger partial charge is 0.0634 e. The molecule has 0 amide bonds. The summed E-state index contributed by atoms with van der Waals surface area (Å²) >= 11 is 0. The zero-order valence-corrected chi connectivity index (χ0v) is 35.1. The normalized spacial score (nSPS) is 19.4. The monoisotopic (exact) mass is 708 g/mol. The second-order valence-corrected chi connectivity index (χ2v) is 22.6. The summed E-state index contributed by atoms with van der Waals surface area (Å²) in [7, 11) is 0. The van der Waals surface area contributed by atoms with Crippen molar-refractivity contribution in [3.05, 3.63) is 94.0 Å². The van der Waals surface area contributed by atoms with Crippen LogP contribution in [-0.2, 0) is 32.5 Å². The van der Waals surface area contributed by atoms with Gasteiger partial charge in [0.15, 0.2) is 0 Å². The van der Waals surface area contributed by atoms with Gasteiger partial charge in [-0.3, -0.25) is 0 Å². The van der Waals surface area contributed by atoms with E-state index in [1.54, 1.807) is 0 Å². The Labute approximate surface area is 320 Å². The molecule has 9 aromatic rings. The number of aromatic nitrogens is 2. The highest BCUT2D eigenvalue weighted by Gasteiger charge is 2.44. The van der Waals surface area contributed by atoms with Crippen molar-refractivity contribution in [2.24, 2.45) is 0 Å². The van der Waals surface area contributed by atoms with Gasteiger partial charge in [0.05, 0.1) is 33.1 Å². The highest BCUT2D eigenvalue weighted by Crippen LogP contribution is 2.57. The van der Waals surface area contributed by atoms with Crippen LogP contribution >= 0.6 is 0 Å². The minimum Gasteiger partial charge on any atom is -0.308 e. The molecular weight excluding hydrogens is 653 g/mol. The maximum Gasteiger partial charge on any atom is 0.0634 e. The first-order valence-corrected chi connectivity index (χ1v) is 20.5. The summed E-state index contributed by atoms with van der Waals surface area (Å²) < 4.78 is 5.38. The van der Waals surface area contributed by atoms with E-state index in [9.17, 15) is 0 Å². The number of hydrogen-bond donors (Lipinski definition) is 0. The van der Waals surface area contributed by atoms with Gasteiger partial charge in [0, 0.05) is 43.1 Å². The molecule has 0 atom stereocenters. The Balaban J connectivity index is 1.49. The van der Waals surface area contributed by atoms with Crippen LogP contribution in [0.2, 0.25) is 0 Å². The fourth-order valence-electron chi connectivity index (χ4n) is 12.5. The fraction of sp³-hybridized carbons (Fsp3) is 0.423. The first kappa shape index (κ1) is 33.1. The van der Waals surface area contributed by atoms with Crippen LogP contribution in [0.3, 0.4) is 0 Å². The molecule has 4 aromatic heterocycles. The van der Waals surface area contributed by atoms with Gasteiger partial charge in [0.25, 0.3) is 0 Å². The van der Waals surface area contributed by atoms with Gasteiger partial charge in [-0.15, -0.1) is 0 Å². The highest BCUT2D eigenvalue weighted by molar-refractivity contribution is 6.45. The predicted molar refractivity (Wildman–Crippen MR) is 234 cm³/mol. The lowest BCUT2D eigenvalue weighted by Gasteiger charge is -2.22. The van der Waals surface area contributed by atoms with Crippen LogP contribution < -0.4 is 0 Å². The molecule has 54 heavy (non-hydrogen) atoms. The average molecular weight is 709 g/mol. The molecule has 11 rings (SSSR count). The summed E-state index contributed by atoms with van der Waals surface area (Å²) in [6.45, 7) is 33.9. The lowest BCUT2D eigenvalue weighted by molar-refractivity contribution is 0.403. The molecule has 0 unspecified atom stereocenters. The SMILES string of the molecule is CC(C)(C)c1ccc2c(c1)c1c3c4cc5c(cc4n4c6ccc(C(C)(C)C)cc6c(c6c7cc8c(cc7n2c16)C(C)(C)CC8(C)C)c34)C(C)(C)CC5(C)C. The molecule has 2 nitrogen and oxygen atoms in total. The quantitative estimate of drug-likeness (QED) is 0.148. The highest BCUT2D eigenvalue weighted by atomic mass is 14.9. The van der Waals surface area contributed by atoms with Gasteiger partial charge in [0.2, 0.25) is 0 Å². The topological polar surface area (TPSA) is 8.82 Å². The molecule has 274 valence electrons. The van der Waals surface area contributed by atoms with Crippen LogP contribution in [0.15, 0.2) is 60.7 Å². The van der Waals surface area contributed by atoms with Gasteiger partial charge in [-0.1, -0.05) is 109 Å². The Bertz CT molecular complexity index is 2940. The van der Waals surface area contributed by atoms with Crippen molar-refractivity contribution in [2.45, 2.75) is 142 Å². The van der Waals surface area contributed by atoms with Gasteiger partial charge in [-0.2, -0.15) is 0 Å². The van der Waals surface area contributed by atoms with Crippen molar-refractivity contribution >= 4 is 76.2 Å². The molecule has 4 heterocycles. The van der Waals surface area contributed by atoms with E-state index >= 15 is 0 Å². The number of benzene rings is 5. The zero-order valence-electron chi connectivity index (χ0n) is 35.1. The van der Waals surface area contributed by atoms with Gasteiger partial charge in [-0.25, -0.2) is 0 Å². The fourth-order valence-corrected chi connectivity index (χ4v) is 12.5. The van der Waals surface area contributed by atoms with Crippen molar-refractivity contribution in [1.29, 1.82) is 0 Å². The van der Waals surface area contributed by atoms with E-state index in [1.165, 1.54) is 110 Å². The van der Waals surface area contributed by atoms with Crippen LogP contribution in [0.4, 0.5) is 0 Å². The molecule has 0 bridgehead atoms. The number of rotatable bonds is 0. The number of hydrogen-bond acceptors (Lipinski definition) is 0. The van der Waals surface area contributed by atoms with Crippen molar-refractivity contribution < 1.29 is 0 Å². The third-order valence-corrected chi connectivity index (χ3v) is 14.6. The number of nitrogens with zero attached hydrogens (tertiary/aromatic N) is 2. The Hall–Kier alpha value is -4.30. The number of fused-ring (bicyclic) bond motifs is 16. The maximum atomic E-state index is 2.69. The minimum atomic E-state index is 0.0426.